The van der Waals surface area contributed by atoms with Gasteiger partial charge in [0.25, 0.3) is 0 Å². The monoisotopic (exact) mass is 474 g/mol. The van der Waals surface area contributed by atoms with Crippen LogP contribution in [0.3, 0.4) is 0 Å². The van der Waals surface area contributed by atoms with E-state index in [0.29, 0.717) is 24.1 Å². The highest BCUT2D eigenvalue weighted by atomic mass is 16.5. The highest BCUT2D eigenvalue weighted by Crippen LogP contribution is 2.31. The largest absolute Gasteiger partial charge is 0.493 e. The first kappa shape index (κ1) is 22.9. The summed E-state index contributed by atoms with van der Waals surface area (Å²) in [5.74, 6) is 2.51. The second-order valence-electron chi connectivity index (χ2n) is 8.52. The maximum absolute atomic E-state index is 6.00. The van der Waals surface area contributed by atoms with Crippen LogP contribution in [0.1, 0.15) is 25.7 Å². The number of methoxy groups -OCH3 is 1. The third-order valence-corrected chi connectivity index (χ3v) is 5.96. The molecule has 10 nitrogen and oxygen atoms in total. The summed E-state index contributed by atoms with van der Waals surface area (Å²) in [5.41, 5.74) is 2.36. The summed E-state index contributed by atoms with van der Waals surface area (Å²) >= 11 is 0. The van der Waals surface area contributed by atoms with Gasteiger partial charge in [0.2, 0.25) is 5.95 Å². The zero-order chi connectivity index (χ0) is 23.9. The summed E-state index contributed by atoms with van der Waals surface area (Å²) in [6, 6.07) is 9.49. The van der Waals surface area contributed by atoms with Crippen LogP contribution in [-0.2, 0) is 0 Å². The van der Waals surface area contributed by atoms with Crippen molar-refractivity contribution < 1.29 is 9.47 Å². The van der Waals surface area contributed by atoms with Crippen molar-refractivity contribution in [1.29, 1.82) is 0 Å². The van der Waals surface area contributed by atoms with Crippen LogP contribution >= 0.6 is 0 Å². The SMILES string of the molecule is COc1cc(Nc2nccc(Nc3cnc4[nH]ncc4c3)n2)ccc1OCCCN1CCCCC1. The Kier molecular flexibility index (Phi) is 7.18. The maximum Gasteiger partial charge on any atom is 0.229 e. The van der Waals surface area contributed by atoms with Gasteiger partial charge in [0.1, 0.15) is 5.82 Å². The zero-order valence-electron chi connectivity index (χ0n) is 19.8. The molecule has 1 fully saturated rings. The maximum atomic E-state index is 6.00. The third-order valence-electron chi connectivity index (χ3n) is 5.96. The standard InChI is InChI=1S/C25H30N8O2/c1-34-22-15-19(6-7-21(22)35-13-5-12-33-10-3-2-4-11-33)30-25-26-9-8-23(31-25)29-20-14-18-16-28-32-24(18)27-17-20/h6-9,14-17H,2-5,10-13H2,1H3,(H,27,28,32)(H2,26,29,30,31). The molecule has 1 aromatic carbocycles. The summed E-state index contributed by atoms with van der Waals surface area (Å²) in [6.07, 6.45) is 10.1. The number of likely N-dealkylation sites (tertiary alicyclic amines) is 1. The minimum atomic E-state index is 0.463. The van der Waals surface area contributed by atoms with E-state index in [1.165, 1.54) is 32.4 Å². The molecule has 0 spiro atoms. The second-order valence-corrected chi connectivity index (χ2v) is 8.52. The summed E-state index contributed by atoms with van der Waals surface area (Å²) in [4.78, 5) is 15.7. The Morgan fingerprint density at radius 3 is 2.77 bits per heavy atom. The number of piperidine rings is 1. The fourth-order valence-electron chi connectivity index (χ4n) is 4.19. The van der Waals surface area contributed by atoms with Gasteiger partial charge in [-0.1, -0.05) is 6.42 Å². The molecule has 0 radical (unpaired) electrons. The molecule has 3 N–H and O–H groups in total. The molecule has 4 aromatic rings. The van der Waals surface area contributed by atoms with E-state index in [0.717, 1.165) is 41.1 Å². The lowest BCUT2D eigenvalue weighted by molar-refractivity contribution is 0.203. The van der Waals surface area contributed by atoms with Crippen molar-refractivity contribution >= 4 is 34.2 Å². The Morgan fingerprint density at radius 1 is 0.971 bits per heavy atom. The number of benzene rings is 1. The smallest absolute Gasteiger partial charge is 0.229 e. The molecule has 0 saturated carbocycles. The van der Waals surface area contributed by atoms with Crippen LogP contribution in [0.2, 0.25) is 0 Å². The molecule has 1 aliphatic heterocycles. The van der Waals surface area contributed by atoms with Crippen molar-refractivity contribution in [3.8, 4) is 11.5 Å². The molecule has 0 unspecified atom stereocenters. The molecule has 0 aliphatic carbocycles. The Bertz CT molecular complexity index is 1260. The molecule has 0 atom stereocenters. The number of nitrogens with one attached hydrogen (secondary N) is 3. The van der Waals surface area contributed by atoms with Crippen LogP contribution in [0.5, 0.6) is 11.5 Å². The van der Waals surface area contributed by atoms with E-state index in [1.54, 1.807) is 31.8 Å². The van der Waals surface area contributed by atoms with Crippen molar-refractivity contribution in [3.05, 3.63) is 48.9 Å². The number of H-pyrrole nitrogens is 1. The first-order valence-corrected chi connectivity index (χ1v) is 12.0. The predicted molar refractivity (Wildman–Crippen MR) is 136 cm³/mol. The van der Waals surface area contributed by atoms with Gasteiger partial charge in [-0.3, -0.25) is 5.10 Å². The molecule has 10 heteroatoms. The van der Waals surface area contributed by atoms with Crippen molar-refractivity contribution in [1.82, 2.24) is 30.0 Å². The predicted octanol–water partition coefficient (Wildman–Crippen LogP) is 4.50. The first-order chi connectivity index (χ1) is 17.3. The third kappa shape index (κ3) is 5.96. The van der Waals surface area contributed by atoms with Gasteiger partial charge in [0.05, 0.1) is 31.8 Å². The number of pyridine rings is 1. The highest BCUT2D eigenvalue weighted by Gasteiger charge is 2.11. The average Bonchev–Trinajstić information content (AvgIpc) is 3.36. The van der Waals surface area contributed by atoms with E-state index in [-0.39, 0.29) is 0 Å². The van der Waals surface area contributed by atoms with Gasteiger partial charge >= 0.3 is 0 Å². The van der Waals surface area contributed by atoms with Gasteiger partial charge in [-0.05, 0) is 56.6 Å². The van der Waals surface area contributed by atoms with Gasteiger partial charge in [-0.15, -0.1) is 0 Å². The fraction of sp³-hybridized carbons (Fsp3) is 0.360. The number of anilines is 4. The minimum absolute atomic E-state index is 0.463. The summed E-state index contributed by atoms with van der Waals surface area (Å²) in [7, 11) is 1.64. The van der Waals surface area contributed by atoms with E-state index >= 15 is 0 Å². The van der Waals surface area contributed by atoms with Crippen LogP contribution < -0.4 is 20.1 Å². The first-order valence-electron chi connectivity index (χ1n) is 12.0. The summed E-state index contributed by atoms with van der Waals surface area (Å²) in [6.45, 7) is 4.16. The van der Waals surface area contributed by atoms with E-state index < -0.39 is 0 Å². The van der Waals surface area contributed by atoms with Crippen LogP contribution in [0.4, 0.5) is 23.1 Å². The van der Waals surface area contributed by atoms with Gasteiger partial charge in [0.15, 0.2) is 17.1 Å². The van der Waals surface area contributed by atoms with Crippen LogP contribution in [-0.4, -0.2) is 63.4 Å². The van der Waals surface area contributed by atoms with E-state index in [4.69, 9.17) is 9.47 Å². The molecule has 3 aromatic heterocycles. The minimum Gasteiger partial charge on any atom is -0.493 e. The average molecular weight is 475 g/mol. The lowest BCUT2D eigenvalue weighted by atomic mass is 10.1. The molecule has 35 heavy (non-hydrogen) atoms. The number of ether oxygens (including phenoxy) is 2. The Morgan fingerprint density at radius 2 is 1.89 bits per heavy atom. The zero-order valence-corrected chi connectivity index (χ0v) is 19.8. The second kappa shape index (κ2) is 11.0. The van der Waals surface area contributed by atoms with Crippen molar-refractivity contribution in [2.45, 2.75) is 25.7 Å². The number of hydrogen-bond donors (Lipinski definition) is 3. The molecule has 1 saturated heterocycles. The molecule has 182 valence electrons. The molecule has 1 aliphatic rings. The van der Waals surface area contributed by atoms with Crippen molar-refractivity contribution in [2.24, 2.45) is 0 Å². The summed E-state index contributed by atoms with van der Waals surface area (Å²) < 4.78 is 11.6. The number of fused-ring (bicyclic) bond motifs is 1. The van der Waals surface area contributed by atoms with E-state index in [2.05, 4.69) is 40.7 Å². The normalized spacial score (nSPS) is 14.1. The van der Waals surface area contributed by atoms with Crippen LogP contribution in [0, 0.1) is 0 Å². The van der Waals surface area contributed by atoms with Crippen molar-refractivity contribution in [2.75, 3.05) is 44.0 Å². The molecule has 0 bridgehead atoms. The lowest BCUT2D eigenvalue weighted by Gasteiger charge is -2.26. The van der Waals surface area contributed by atoms with Gasteiger partial charge < -0.3 is 25.0 Å². The number of nitrogens with zero attached hydrogens (tertiary/aromatic N) is 5. The lowest BCUT2D eigenvalue weighted by Crippen LogP contribution is -2.31. The fourth-order valence-corrected chi connectivity index (χ4v) is 4.19. The number of hydrogen-bond acceptors (Lipinski definition) is 9. The molecule has 4 heterocycles. The van der Waals surface area contributed by atoms with Gasteiger partial charge in [-0.25, -0.2) is 9.97 Å². The van der Waals surface area contributed by atoms with Crippen molar-refractivity contribution in [3.63, 3.8) is 0 Å². The molecular weight excluding hydrogens is 444 g/mol. The topological polar surface area (TPSA) is 113 Å². The Balaban J connectivity index is 1.18. The Labute approximate surface area is 204 Å². The van der Waals surface area contributed by atoms with E-state index in [9.17, 15) is 0 Å². The Hall–Kier alpha value is -3.92. The summed E-state index contributed by atoms with van der Waals surface area (Å²) in [5, 5.41) is 14.2. The van der Waals surface area contributed by atoms with Gasteiger partial charge in [-0.2, -0.15) is 10.1 Å². The number of rotatable bonds is 10. The van der Waals surface area contributed by atoms with Crippen LogP contribution in [0.15, 0.2) is 48.9 Å². The van der Waals surface area contributed by atoms with E-state index in [1.807, 2.05) is 24.3 Å². The van der Waals surface area contributed by atoms with Gasteiger partial charge in [0, 0.05) is 29.9 Å². The number of aromatic amines is 1. The number of aromatic nitrogens is 5. The molecule has 0 amide bonds. The molecule has 5 rings (SSSR count). The molecular formula is C25H30N8O2. The quantitative estimate of drug-likeness (QED) is 0.286. The highest BCUT2D eigenvalue weighted by molar-refractivity contribution is 5.78. The van der Waals surface area contributed by atoms with Crippen LogP contribution in [0.25, 0.3) is 11.0 Å².